The number of thioether (sulfide) groups is 1. The van der Waals surface area contributed by atoms with Gasteiger partial charge in [-0.05, 0) is 49.2 Å². The van der Waals surface area contributed by atoms with Gasteiger partial charge in [-0.1, -0.05) is 49.2 Å². The SMILES string of the molecule is O=C(CSc1nnc(-c2ccc(F)cc2)n1-c1ccccc1)NC1CCCCC1. The van der Waals surface area contributed by atoms with Gasteiger partial charge >= 0.3 is 0 Å². The summed E-state index contributed by atoms with van der Waals surface area (Å²) in [4.78, 5) is 12.4. The molecule has 1 aromatic heterocycles. The zero-order valence-electron chi connectivity index (χ0n) is 16.1. The lowest BCUT2D eigenvalue weighted by Gasteiger charge is -2.22. The van der Waals surface area contributed by atoms with E-state index in [0.29, 0.717) is 17.0 Å². The number of amides is 1. The van der Waals surface area contributed by atoms with Crippen LogP contribution < -0.4 is 5.32 Å². The smallest absolute Gasteiger partial charge is 0.230 e. The normalized spacial score (nSPS) is 14.7. The molecule has 7 heteroatoms. The molecule has 0 radical (unpaired) electrons. The van der Waals surface area contributed by atoms with Gasteiger partial charge in [0.2, 0.25) is 5.91 Å². The second-order valence-electron chi connectivity index (χ2n) is 7.18. The predicted octanol–water partition coefficient (Wildman–Crippen LogP) is 4.61. The van der Waals surface area contributed by atoms with E-state index < -0.39 is 0 Å². The number of aromatic nitrogens is 3. The van der Waals surface area contributed by atoms with Crippen molar-refractivity contribution in [2.45, 2.75) is 43.3 Å². The first-order chi connectivity index (χ1) is 14.2. The molecular weight excluding hydrogens is 387 g/mol. The lowest BCUT2D eigenvalue weighted by atomic mass is 9.95. The third-order valence-electron chi connectivity index (χ3n) is 5.05. The van der Waals surface area contributed by atoms with Crippen molar-refractivity contribution in [1.82, 2.24) is 20.1 Å². The Hall–Kier alpha value is -2.67. The first-order valence-electron chi connectivity index (χ1n) is 9.89. The Kier molecular flexibility index (Phi) is 6.24. The number of para-hydroxylation sites is 1. The van der Waals surface area contributed by atoms with Crippen LogP contribution in [0.1, 0.15) is 32.1 Å². The first kappa shape index (κ1) is 19.6. The molecule has 1 aliphatic rings. The Morgan fingerprint density at radius 3 is 2.48 bits per heavy atom. The number of hydrogen-bond acceptors (Lipinski definition) is 4. The van der Waals surface area contributed by atoms with Crippen molar-refractivity contribution in [1.29, 1.82) is 0 Å². The lowest BCUT2D eigenvalue weighted by Crippen LogP contribution is -2.37. The lowest BCUT2D eigenvalue weighted by molar-refractivity contribution is -0.119. The Morgan fingerprint density at radius 2 is 1.76 bits per heavy atom. The molecule has 1 heterocycles. The Bertz CT molecular complexity index is 953. The number of carbonyl (C=O) groups excluding carboxylic acids is 1. The van der Waals surface area contributed by atoms with Gasteiger partial charge in [0.1, 0.15) is 5.82 Å². The predicted molar refractivity (Wildman–Crippen MR) is 112 cm³/mol. The quantitative estimate of drug-likeness (QED) is 0.603. The van der Waals surface area contributed by atoms with Crippen molar-refractivity contribution >= 4 is 17.7 Å². The zero-order chi connectivity index (χ0) is 20.1. The van der Waals surface area contributed by atoms with E-state index in [4.69, 9.17) is 0 Å². The van der Waals surface area contributed by atoms with Gasteiger partial charge in [-0.25, -0.2) is 4.39 Å². The van der Waals surface area contributed by atoms with Crippen molar-refractivity contribution in [3.8, 4) is 17.1 Å². The minimum atomic E-state index is -0.298. The molecule has 1 N–H and O–H groups in total. The fraction of sp³-hybridized carbons (Fsp3) is 0.318. The average Bonchev–Trinajstić information content (AvgIpc) is 3.18. The van der Waals surface area contributed by atoms with Crippen LogP contribution in [-0.2, 0) is 4.79 Å². The fourth-order valence-corrected chi connectivity index (χ4v) is 4.37. The molecule has 5 nitrogen and oxygen atoms in total. The number of nitrogens with one attached hydrogen (secondary N) is 1. The van der Waals surface area contributed by atoms with Crippen LogP contribution in [0.2, 0.25) is 0 Å². The van der Waals surface area contributed by atoms with Crippen LogP contribution in [0.3, 0.4) is 0 Å². The number of nitrogens with zero attached hydrogens (tertiary/aromatic N) is 3. The topological polar surface area (TPSA) is 59.8 Å². The molecule has 1 saturated carbocycles. The maximum atomic E-state index is 13.3. The molecule has 0 atom stereocenters. The van der Waals surface area contributed by atoms with Crippen LogP contribution >= 0.6 is 11.8 Å². The minimum absolute atomic E-state index is 0.0212. The third kappa shape index (κ3) is 4.85. The second-order valence-corrected chi connectivity index (χ2v) is 8.12. The van der Waals surface area contributed by atoms with E-state index in [1.54, 1.807) is 12.1 Å². The highest BCUT2D eigenvalue weighted by Gasteiger charge is 2.19. The monoisotopic (exact) mass is 410 g/mol. The molecule has 1 amide bonds. The Balaban J connectivity index is 1.55. The molecule has 4 rings (SSSR count). The summed E-state index contributed by atoms with van der Waals surface area (Å²) in [6, 6.07) is 16.2. The number of hydrogen-bond donors (Lipinski definition) is 1. The number of halogens is 1. The summed E-state index contributed by atoms with van der Waals surface area (Å²) < 4.78 is 15.3. The van der Waals surface area contributed by atoms with Gasteiger partial charge in [0.25, 0.3) is 0 Å². The van der Waals surface area contributed by atoms with E-state index in [1.807, 2.05) is 34.9 Å². The van der Waals surface area contributed by atoms with Gasteiger partial charge in [-0.2, -0.15) is 0 Å². The van der Waals surface area contributed by atoms with Crippen LogP contribution in [0, 0.1) is 5.82 Å². The molecule has 2 aromatic carbocycles. The Morgan fingerprint density at radius 1 is 1.03 bits per heavy atom. The summed E-state index contributed by atoms with van der Waals surface area (Å²) in [7, 11) is 0. The Labute approximate surface area is 173 Å². The van der Waals surface area contributed by atoms with Gasteiger partial charge in [0.15, 0.2) is 11.0 Å². The highest BCUT2D eigenvalue weighted by Crippen LogP contribution is 2.28. The average molecular weight is 411 g/mol. The van der Waals surface area contributed by atoms with Gasteiger partial charge in [0.05, 0.1) is 5.75 Å². The van der Waals surface area contributed by atoms with E-state index in [1.165, 1.54) is 43.2 Å². The largest absolute Gasteiger partial charge is 0.353 e. The van der Waals surface area contributed by atoms with E-state index in [9.17, 15) is 9.18 Å². The van der Waals surface area contributed by atoms with Gasteiger partial charge in [0, 0.05) is 17.3 Å². The highest BCUT2D eigenvalue weighted by molar-refractivity contribution is 7.99. The van der Waals surface area contributed by atoms with Gasteiger partial charge in [-0.3, -0.25) is 9.36 Å². The van der Waals surface area contributed by atoms with Crippen LogP contribution in [0.25, 0.3) is 17.1 Å². The fourth-order valence-electron chi connectivity index (χ4n) is 3.61. The number of carbonyl (C=O) groups is 1. The van der Waals surface area contributed by atoms with Gasteiger partial charge in [-0.15, -0.1) is 10.2 Å². The summed E-state index contributed by atoms with van der Waals surface area (Å²) in [5.74, 6) is 0.623. The van der Waals surface area contributed by atoms with Crippen molar-refractivity contribution < 1.29 is 9.18 Å². The van der Waals surface area contributed by atoms with E-state index in [2.05, 4.69) is 15.5 Å². The molecule has 3 aromatic rings. The summed E-state index contributed by atoms with van der Waals surface area (Å²) in [6.45, 7) is 0. The van der Waals surface area contributed by atoms with Crippen molar-refractivity contribution in [2.75, 3.05) is 5.75 Å². The molecule has 0 unspecified atom stereocenters. The summed E-state index contributed by atoms with van der Waals surface area (Å²) in [6.07, 6.45) is 5.74. The zero-order valence-corrected chi connectivity index (χ0v) is 16.9. The number of benzene rings is 2. The standard InChI is InChI=1S/C22H23FN4OS/c23-17-13-11-16(12-14-17)21-25-26-22(27(21)19-9-5-2-6-10-19)29-15-20(28)24-18-7-3-1-4-8-18/h2,5-6,9-14,18H,1,3-4,7-8,15H2,(H,24,28). The molecule has 0 spiro atoms. The van der Waals surface area contributed by atoms with Crippen LogP contribution in [0.15, 0.2) is 59.8 Å². The molecule has 150 valence electrons. The maximum absolute atomic E-state index is 13.3. The van der Waals surface area contributed by atoms with E-state index in [-0.39, 0.29) is 17.5 Å². The van der Waals surface area contributed by atoms with E-state index in [0.717, 1.165) is 24.1 Å². The van der Waals surface area contributed by atoms with Crippen LogP contribution in [-0.4, -0.2) is 32.5 Å². The number of rotatable bonds is 6. The van der Waals surface area contributed by atoms with Crippen LogP contribution in [0.4, 0.5) is 4.39 Å². The van der Waals surface area contributed by atoms with Crippen molar-refractivity contribution in [3.63, 3.8) is 0 Å². The molecule has 0 saturated heterocycles. The van der Waals surface area contributed by atoms with E-state index >= 15 is 0 Å². The summed E-state index contributed by atoms with van der Waals surface area (Å²) >= 11 is 1.36. The van der Waals surface area contributed by atoms with Gasteiger partial charge < -0.3 is 5.32 Å². The second kappa shape index (κ2) is 9.22. The van der Waals surface area contributed by atoms with Crippen LogP contribution in [0.5, 0.6) is 0 Å². The maximum Gasteiger partial charge on any atom is 0.230 e. The molecule has 29 heavy (non-hydrogen) atoms. The third-order valence-corrected chi connectivity index (χ3v) is 5.98. The molecule has 1 fully saturated rings. The molecule has 1 aliphatic carbocycles. The highest BCUT2D eigenvalue weighted by atomic mass is 32.2. The molecular formula is C22H23FN4OS. The van der Waals surface area contributed by atoms with Crippen molar-refractivity contribution in [2.24, 2.45) is 0 Å². The van der Waals surface area contributed by atoms with Crippen molar-refractivity contribution in [3.05, 3.63) is 60.4 Å². The summed E-state index contributed by atoms with van der Waals surface area (Å²) in [5, 5.41) is 12.4. The first-order valence-corrected chi connectivity index (χ1v) is 10.9. The summed E-state index contributed by atoms with van der Waals surface area (Å²) in [5.41, 5.74) is 1.66. The minimum Gasteiger partial charge on any atom is -0.353 e. The molecule has 0 aliphatic heterocycles. The molecule has 0 bridgehead atoms.